The average molecular weight is 277 g/mol. The minimum atomic E-state index is -0.141. The number of hydrogen-bond acceptors (Lipinski definition) is 2. The third-order valence-corrected chi connectivity index (χ3v) is 3.19. The van der Waals surface area contributed by atoms with E-state index in [0.717, 1.165) is 23.1 Å². The van der Waals surface area contributed by atoms with Gasteiger partial charge in [-0.2, -0.15) is 0 Å². The van der Waals surface area contributed by atoms with E-state index < -0.39 is 0 Å². The lowest BCUT2D eigenvalue weighted by Gasteiger charge is -2.16. The molecule has 0 bridgehead atoms. The van der Waals surface area contributed by atoms with Gasteiger partial charge in [0.25, 0.3) is 0 Å². The Labute approximate surface area is 96.5 Å². The first kappa shape index (κ1) is 10.3. The van der Waals surface area contributed by atoms with E-state index in [4.69, 9.17) is 22.1 Å². The molecule has 0 spiro atoms. The van der Waals surface area contributed by atoms with Gasteiger partial charge in [-0.3, -0.25) is 0 Å². The Bertz CT molecular complexity index is 352. The summed E-state index contributed by atoms with van der Waals surface area (Å²) < 4.78 is 6.72. The average Bonchev–Trinajstić information content (AvgIpc) is 2.91. The second-order valence-electron chi connectivity index (χ2n) is 3.56. The van der Waals surface area contributed by atoms with Crippen molar-refractivity contribution >= 4 is 27.5 Å². The molecular formula is C10H11BrClNO. The summed E-state index contributed by atoms with van der Waals surface area (Å²) in [5, 5.41) is 0.624. The first-order valence-electron chi connectivity index (χ1n) is 4.49. The molecule has 2 nitrogen and oxygen atoms in total. The van der Waals surface area contributed by atoms with E-state index in [1.165, 1.54) is 0 Å². The van der Waals surface area contributed by atoms with Crippen LogP contribution >= 0.6 is 27.5 Å². The molecule has 14 heavy (non-hydrogen) atoms. The molecule has 0 amide bonds. The zero-order chi connectivity index (χ0) is 10.2. The zero-order valence-electron chi connectivity index (χ0n) is 7.59. The van der Waals surface area contributed by atoms with Crippen molar-refractivity contribution < 1.29 is 4.74 Å². The fraction of sp³-hybridized carbons (Fsp3) is 0.400. The second kappa shape index (κ2) is 3.72. The molecular weight excluding hydrogens is 265 g/mol. The van der Waals surface area contributed by atoms with Gasteiger partial charge in [-0.05, 0) is 31.0 Å². The van der Waals surface area contributed by atoms with Crippen LogP contribution in [0.5, 0.6) is 5.75 Å². The Morgan fingerprint density at radius 3 is 2.71 bits per heavy atom. The number of benzene rings is 1. The van der Waals surface area contributed by atoms with E-state index in [2.05, 4.69) is 15.9 Å². The summed E-state index contributed by atoms with van der Waals surface area (Å²) in [4.78, 5) is 0. The highest BCUT2D eigenvalue weighted by molar-refractivity contribution is 9.10. The van der Waals surface area contributed by atoms with Crippen molar-refractivity contribution in [1.29, 1.82) is 0 Å². The van der Waals surface area contributed by atoms with Crippen LogP contribution in [0.25, 0.3) is 0 Å². The summed E-state index contributed by atoms with van der Waals surface area (Å²) in [5.74, 6) is 0.720. The van der Waals surface area contributed by atoms with Crippen LogP contribution in [-0.2, 0) is 0 Å². The van der Waals surface area contributed by atoms with Crippen molar-refractivity contribution in [1.82, 2.24) is 0 Å². The monoisotopic (exact) mass is 275 g/mol. The van der Waals surface area contributed by atoms with E-state index in [9.17, 15) is 0 Å². The van der Waals surface area contributed by atoms with Crippen LogP contribution in [0.3, 0.4) is 0 Å². The van der Waals surface area contributed by atoms with Crippen LogP contribution in [0, 0.1) is 0 Å². The predicted molar refractivity (Wildman–Crippen MR) is 60.8 cm³/mol. The molecule has 0 radical (unpaired) electrons. The Balaban J connectivity index is 2.17. The first-order valence-corrected chi connectivity index (χ1v) is 5.66. The SMILES string of the molecule is NCC1(Oc2ccc(Br)cc2Cl)CC1. The summed E-state index contributed by atoms with van der Waals surface area (Å²) in [6.07, 6.45) is 2.05. The molecule has 76 valence electrons. The molecule has 0 atom stereocenters. The van der Waals surface area contributed by atoms with Gasteiger partial charge in [0, 0.05) is 11.0 Å². The molecule has 4 heteroatoms. The van der Waals surface area contributed by atoms with Crippen LogP contribution in [0.15, 0.2) is 22.7 Å². The lowest BCUT2D eigenvalue weighted by molar-refractivity contribution is 0.188. The van der Waals surface area contributed by atoms with E-state index >= 15 is 0 Å². The van der Waals surface area contributed by atoms with Gasteiger partial charge < -0.3 is 10.5 Å². The molecule has 0 unspecified atom stereocenters. The summed E-state index contributed by atoms with van der Waals surface area (Å²) in [6.45, 7) is 0.555. The van der Waals surface area contributed by atoms with E-state index in [1.54, 1.807) is 0 Å². The molecule has 0 aromatic heterocycles. The van der Waals surface area contributed by atoms with Crippen molar-refractivity contribution in [2.24, 2.45) is 5.73 Å². The van der Waals surface area contributed by atoms with Crippen molar-refractivity contribution in [3.63, 3.8) is 0 Å². The Kier molecular flexibility index (Phi) is 2.73. The van der Waals surface area contributed by atoms with Crippen LogP contribution in [0.4, 0.5) is 0 Å². The topological polar surface area (TPSA) is 35.2 Å². The normalized spacial score (nSPS) is 17.9. The minimum absolute atomic E-state index is 0.141. The highest BCUT2D eigenvalue weighted by atomic mass is 79.9. The van der Waals surface area contributed by atoms with Gasteiger partial charge in [0.15, 0.2) is 0 Å². The van der Waals surface area contributed by atoms with Gasteiger partial charge in [-0.25, -0.2) is 0 Å². The van der Waals surface area contributed by atoms with Crippen LogP contribution in [0.1, 0.15) is 12.8 Å². The number of nitrogens with two attached hydrogens (primary N) is 1. The van der Waals surface area contributed by atoms with Crippen LogP contribution in [0.2, 0.25) is 5.02 Å². The van der Waals surface area contributed by atoms with Crippen molar-refractivity contribution in [3.05, 3.63) is 27.7 Å². The molecule has 2 N–H and O–H groups in total. The molecule has 1 fully saturated rings. The first-order chi connectivity index (χ1) is 6.65. The maximum atomic E-state index is 6.02. The molecule has 0 aliphatic heterocycles. The van der Waals surface area contributed by atoms with Gasteiger partial charge in [0.1, 0.15) is 11.4 Å². The van der Waals surface area contributed by atoms with Gasteiger partial charge >= 0.3 is 0 Å². The Hall–Kier alpha value is -0.250. The number of ether oxygens (including phenoxy) is 1. The standard InChI is InChI=1S/C10H11BrClNO/c11-7-1-2-9(8(12)5-7)14-10(6-13)3-4-10/h1-2,5H,3-4,6,13H2. The molecule has 0 saturated heterocycles. The number of halogens is 2. The molecule has 2 rings (SSSR count). The quantitative estimate of drug-likeness (QED) is 0.921. The fourth-order valence-corrected chi connectivity index (χ4v) is 1.99. The lowest BCUT2D eigenvalue weighted by Crippen LogP contribution is -2.28. The smallest absolute Gasteiger partial charge is 0.138 e. The van der Waals surface area contributed by atoms with Gasteiger partial charge in [0.05, 0.1) is 5.02 Å². The highest BCUT2D eigenvalue weighted by Crippen LogP contribution is 2.41. The van der Waals surface area contributed by atoms with E-state index in [-0.39, 0.29) is 5.60 Å². The summed E-state index contributed by atoms with van der Waals surface area (Å²) >= 11 is 9.37. The van der Waals surface area contributed by atoms with E-state index in [1.807, 2.05) is 18.2 Å². The highest BCUT2D eigenvalue weighted by Gasteiger charge is 2.44. The maximum absolute atomic E-state index is 6.02. The number of hydrogen-bond donors (Lipinski definition) is 1. The molecule has 1 saturated carbocycles. The predicted octanol–water partition coefficient (Wildman–Crippen LogP) is 2.97. The van der Waals surface area contributed by atoms with Crippen molar-refractivity contribution in [2.45, 2.75) is 18.4 Å². The van der Waals surface area contributed by atoms with Gasteiger partial charge in [0.2, 0.25) is 0 Å². The minimum Gasteiger partial charge on any atom is -0.484 e. The Morgan fingerprint density at radius 1 is 1.50 bits per heavy atom. The molecule has 1 aliphatic rings. The molecule has 1 aromatic carbocycles. The van der Waals surface area contributed by atoms with Crippen LogP contribution < -0.4 is 10.5 Å². The molecule has 1 aromatic rings. The third-order valence-electron chi connectivity index (χ3n) is 2.40. The second-order valence-corrected chi connectivity index (χ2v) is 4.89. The maximum Gasteiger partial charge on any atom is 0.138 e. The summed E-state index contributed by atoms with van der Waals surface area (Å²) in [6, 6.07) is 5.60. The fourth-order valence-electron chi connectivity index (χ4n) is 1.28. The van der Waals surface area contributed by atoms with Gasteiger partial charge in [-0.1, -0.05) is 27.5 Å². The molecule has 1 aliphatic carbocycles. The molecule has 0 heterocycles. The zero-order valence-corrected chi connectivity index (χ0v) is 9.94. The lowest BCUT2D eigenvalue weighted by atomic mass is 10.3. The number of rotatable bonds is 3. The Morgan fingerprint density at radius 2 is 2.21 bits per heavy atom. The summed E-state index contributed by atoms with van der Waals surface area (Å²) in [7, 11) is 0. The van der Waals surface area contributed by atoms with Gasteiger partial charge in [-0.15, -0.1) is 0 Å². The van der Waals surface area contributed by atoms with Crippen molar-refractivity contribution in [3.8, 4) is 5.75 Å². The van der Waals surface area contributed by atoms with Crippen molar-refractivity contribution in [2.75, 3.05) is 6.54 Å². The third kappa shape index (κ3) is 2.05. The van der Waals surface area contributed by atoms with Crippen LogP contribution in [-0.4, -0.2) is 12.1 Å². The largest absolute Gasteiger partial charge is 0.484 e. The summed E-state index contributed by atoms with van der Waals surface area (Å²) in [5.41, 5.74) is 5.48. The van der Waals surface area contributed by atoms with E-state index in [0.29, 0.717) is 11.6 Å².